The second-order valence-electron chi connectivity index (χ2n) is 6.18. The Morgan fingerprint density at radius 3 is 2.36 bits per heavy atom. The summed E-state index contributed by atoms with van der Waals surface area (Å²) in [5.41, 5.74) is 0. The van der Waals surface area contributed by atoms with Crippen LogP contribution in [0.2, 0.25) is 0 Å². The Hall–Kier alpha value is -1.15. The summed E-state index contributed by atoms with van der Waals surface area (Å²) < 4.78 is 12.1. The van der Waals surface area contributed by atoms with E-state index in [1.54, 1.807) is 0 Å². The van der Waals surface area contributed by atoms with Gasteiger partial charge >= 0.3 is 0 Å². The molecule has 0 aromatic carbocycles. The Morgan fingerprint density at radius 1 is 1.00 bits per heavy atom. The number of ether oxygens (including phenoxy) is 2. The maximum Gasteiger partial charge on any atom is 0.187 e. The molecule has 3 heterocycles. The van der Waals surface area contributed by atoms with Crippen LogP contribution in [0.5, 0.6) is 0 Å². The second kappa shape index (κ2) is 7.23. The van der Waals surface area contributed by atoms with Crippen molar-refractivity contribution in [1.82, 2.24) is 9.55 Å². The molecule has 0 aliphatic carbocycles. The number of rotatable bonds is 4. The molecule has 3 rings (SSSR count). The van der Waals surface area contributed by atoms with Crippen LogP contribution in [0.4, 0.5) is 0 Å². The molecule has 1 aromatic rings. The molecule has 0 radical (unpaired) electrons. The Bertz CT molecular complexity index is 582. The Kier molecular flexibility index (Phi) is 5.39. The molecule has 11 heteroatoms. The first kappa shape index (κ1) is 18.6. The molecule has 0 spiro atoms. The zero-order chi connectivity index (χ0) is 18.3. The highest BCUT2D eigenvalue weighted by atomic mass is 16.7. The Morgan fingerprint density at radius 2 is 1.72 bits per heavy atom. The number of aromatic nitrogens is 2. The lowest BCUT2D eigenvalue weighted by atomic mass is 9.92. The van der Waals surface area contributed by atoms with E-state index in [2.05, 4.69) is 4.98 Å². The minimum absolute atomic E-state index is 0.273. The van der Waals surface area contributed by atoms with Crippen molar-refractivity contribution in [3.8, 4) is 0 Å². The Balaban J connectivity index is 1.83. The third-order valence-corrected chi connectivity index (χ3v) is 4.69. The van der Waals surface area contributed by atoms with Crippen LogP contribution in [0.25, 0.3) is 0 Å². The Labute approximate surface area is 142 Å². The van der Waals surface area contributed by atoms with E-state index < -0.39 is 68.3 Å². The van der Waals surface area contributed by atoms with Crippen molar-refractivity contribution in [2.45, 2.75) is 55.1 Å². The van der Waals surface area contributed by atoms with E-state index >= 15 is 0 Å². The lowest BCUT2D eigenvalue weighted by molar-refractivity contribution is -0.325. The van der Waals surface area contributed by atoms with Crippen LogP contribution >= 0.6 is 0 Å². The van der Waals surface area contributed by atoms with Gasteiger partial charge in [-0.25, -0.2) is 4.98 Å². The van der Waals surface area contributed by atoms with Crippen molar-refractivity contribution in [3.63, 3.8) is 0 Å². The standard InChI is InChI=1S/C14H22N2O9/c17-3-5-11(10(22)13(23)16-2-1-15-12(5)16)25-14-9(21)8(20)7(19)6(4-18)24-14/h1-2,5-11,13-14,17-23H,3-4H2/t5-,6-,7-,8+,9-,10+,11-,13+,14-/m1/s1. The number of hydrogen-bond acceptors (Lipinski definition) is 10. The number of hydrogen-bond donors (Lipinski definition) is 7. The van der Waals surface area contributed by atoms with Crippen LogP contribution < -0.4 is 0 Å². The fourth-order valence-corrected chi connectivity index (χ4v) is 3.25. The van der Waals surface area contributed by atoms with Gasteiger partial charge in [0.15, 0.2) is 12.5 Å². The van der Waals surface area contributed by atoms with Crippen LogP contribution in [0.15, 0.2) is 12.4 Å². The van der Waals surface area contributed by atoms with Crippen LogP contribution in [0.3, 0.4) is 0 Å². The monoisotopic (exact) mass is 362 g/mol. The lowest BCUT2D eigenvalue weighted by Crippen LogP contribution is -2.61. The maximum absolute atomic E-state index is 10.3. The van der Waals surface area contributed by atoms with Crippen molar-refractivity contribution >= 4 is 0 Å². The molecule has 142 valence electrons. The van der Waals surface area contributed by atoms with Crippen molar-refractivity contribution < 1.29 is 45.2 Å². The molecule has 1 aromatic heterocycles. The molecule has 0 unspecified atom stereocenters. The first-order chi connectivity index (χ1) is 11.9. The number of aliphatic hydroxyl groups is 7. The number of imidazole rings is 1. The molecular formula is C14H22N2O9. The summed E-state index contributed by atoms with van der Waals surface area (Å²) in [6, 6.07) is 0. The van der Waals surface area contributed by atoms with Gasteiger partial charge in [0.1, 0.15) is 42.4 Å². The van der Waals surface area contributed by atoms with Gasteiger partial charge in [0, 0.05) is 12.4 Å². The van der Waals surface area contributed by atoms with Crippen LogP contribution in [-0.4, -0.2) is 101 Å². The van der Waals surface area contributed by atoms with Crippen molar-refractivity contribution in [3.05, 3.63) is 18.2 Å². The molecule has 0 saturated carbocycles. The first-order valence-corrected chi connectivity index (χ1v) is 7.86. The quantitative estimate of drug-likeness (QED) is 0.279. The molecule has 1 saturated heterocycles. The molecule has 1 fully saturated rings. The van der Waals surface area contributed by atoms with Crippen LogP contribution in [0, 0.1) is 0 Å². The smallest absolute Gasteiger partial charge is 0.187 e. The predicted octanol–water partition coefficient (Wildman–Crippen LogP) is -3.99. The summed E-state index contributed by atoms with van der Waals surface area (Å²) in [6.45, 7) is -1.10. The molecule has 7 N–H and O–H groups in total. The van der Waals surface area contributed by atoms with E-state index in [-0.39, 0.29) is 5.82 Å². The molecular weight excluding hydrogens is 340 g/mol. The van der Waals surface area contributed by atoms with Gasteiger partial charge in [-0.3, -0.25) is 0 Å². The zero-order valence-electron chi connectivity index (χ0n) is 13.1. The van der Waals surface area contributed by atoms with Crippen molar-refractivity contribution in [2.24, 2.45) is 0 Å². The lowest BCUT2D eigenvalue weighted by Gasteiger charge is -2.44. The van der Waals surface area contributed by atoms with Crippen LogP contribution in [-0.2, 0) is 9.47 Å². The van der Waals surface area contributed by atoms with Gasteiger partial charge in [0.25, 0.3) is 0 Å². The fourth-order valence-electron chi connectivity index (χ4n) is 3.25. The SMILES string of the molecule is OC[C@H]1O[C@H](O[C@H]2[C@H](O)[C@H](O)n3ccnc3[C@@H]2CO)[C@H](O)[C@@H](O)[C@@H]1O. The molecule has 11 nitrogen and oxygen atoms in total. The predicted molar refractivity (Wildman–Crippen MR) is 78.0 cm³/mol. The number of aliphatic hydroxyl groups excluding tert-OH is 7. The summed E-state index contributed by atoms with van der Waals surface area (Å²) in [4.78, 5) is 4.03. The highest BCUT2D eigenvalue weighted by molar-refractivity contribution is 5.11. The molecule has 2 aliphatic heterocycles. The van der Waals surface area contributed by atoms with E-state index in [9.17, 15) is 35.7 Å². The van der Waals surface area contributed by atoms with Gasteiger partial charge in [0.2, 0.25) is 0 Å². The number of fused-ring (bicyclic) bond motifs is 1. The first-order valence-electron chi connectivity index (χ1n) is 7.86. The third-order valence-electron chi connectivity index (χ3n) is 4.69. The van der Waals surface area contributed by atoms with E-state index in [4.69, 9.17) is 9.47 Å². The summed E-state index contributed by atoms with van der Waals surface area (Å²) in [7, 11) is 0. The normalized spacial score (nSPS) is 44.5. The minimum atomic E-state index is -1.66. The third kappa shape index (κ3) is 3.07. The largest absolute Gasteiger partial charge is 0.396 e. The molecule has 0 amide bonds. The highest BCUT2D eigenvalue weighted by Crippen LogP contribution is 2.36. The summed E-state index contributed by atoms with van der Waals surface area (Å²) >= 11 is 0. The average molecular weight is 362 g/mol. The van der Waals surface area contributed by atoms with Crippen molar-refractivity contribution in [1.29, 1.82) is 0 Å². The van der Waals surface area contributed by atoms with Crippen LogP contribution in [0.1, 0.15) is 18.0 Å². The molecule has 2 aliphatic rings. The van der Waals surface area contributed by atoms with Gasteiger partial charge in [-0.05, 0) is 0 Å². The van der Waals surface area contributed by atoms with Gasteiger partial charge in [-0.1, -0.05) is 0 Å². The molecule has 25 heavy (non-hydrogen) atoms. The highest BCUT2D eigenvalue weighted by Gasteiger charge is 2.49. The molecule has 0 bridgehead atoms. The topological polar surface area (TPSA) is 178 Å². The number of nitrogens with zero attached hydrogens (tertiary/aromatic N) is 2. The van der Waals surface area contributed by atoms with Gasteiger partial charge in [-0.2, -0.15) is 0 Å². The summed E-state index contributed by atoms with van der Waals surface area (Å²) in [5, 5.41) is 69.0. The summed E-state index contributed by atoms with van der Waals surface area (Å²) in [5.74, 6) is -0.560. The van der Waals surface area contributed by atoms with Gasteiger partial charge in [-0.15, -0.1) is 0 Å². The van der Waals surface area contributed by atoms with E-state index in [1.165, 1.54) is 17.0 Å². The van der Waals surface area contributed by atoms with E-state index in [1.807, 2.05) is 0 Å². The molecule has 9 atom stereocenters. The average Bonchev–Trinajstić information content (AvgIpc) is 3.09. The van der Waals surface area contributed by atoms with Crippen molar-refractivity contribution in [2.75, 3.05) is 13.2 Å². The minimum Gasteiger partial charge on any atom is -0.396 e. The van der Waals surface area contributed by atoms with E-state index in [0.29, 0.717) is 0 Å². The summed E-state index contributed by atoms with van der Waals surface area (Å²) in [6.07, 6.45) is -8.78. The maximum atomic E-state index is 10.3. The van der Waals surface area contributed by atoms with E-state index in [0.717, 1.165) is 0 Å². The second-order valence-corrected chi connectivity index (χ2v) is 6.18. The van der Waals surface area contributed by atoms with Gasteiger partial charge < -0.3 is 49.8 Å². The van der Waals surface area contributed by atoms with Gasteiger partial charge in [0.05, 0.1) is 19.1 Å². The zero-order valence-corrected chi connectivity index (χ0v) is 13.1. The fraction of sp³-hybridized carbons (Fsp3) is 0.786.